The molecule has 0 radical (unpaired) electrons. The summed E-state index contributed by atoms with van der Waals surface area (Å²) < 4.78 is 17.7. The maximum Gasteiger partial charge on any atom is 0.337 e. The number of carbonyl (C=O) groups is 2. The average Bonchev–Trinajstić information content (AvgIpc) is 3.48. The van der Waals surface area contributed by atoms with E-state index in [1.165, 1.54) is 12.7 Å². The lowest BCUT2D eigenvalue weighted by Gasteiger charge is -2.41. The van der Waals surface area contributed by atoms with E-state index in [0.29, 0.717) is 31.7 Å². The lowest BCUT2D eigenvalue weighted by molar-refractivity contribution is -0.118. The Balaban J connectivity index is 1.28. The Morgan fingerprint density at radius 3 is 2.43 bits per heavy atom. The molecule has 1 aromatic carbocycles. The smallest absolute Gasteiger partial charge is 0.337 e. The van der Waals surface area contributed by atoms with Crippen molar-refractivity contribution in [1.29, 1.82) is 0 Å². The van der Waals surface area contributed by atoms with Gasteiger partial charge in [-0.2, -0.15) is 0 Å². The zero-order chi connectivity index (χ0) is 24.7. The minimum Gasteiger partial charge on any atom is -0.493 e. The third-order valence-corrected chi connectivity index (χ3v) is 8.37. The van der Waals surface area contributed by atoms with Gasteiger partial charge in [-0.25, -0.2) is 4.79 Å². The number of esters is 1. The van der Waals surface area contributed by atoms with Crippen molar-refractivity contribution in [1.82, 2.24) is 4.90 Å². The Kier molecular flexibility index (Phi) is 6.53. The fourth-order valence-corrected chi connectivity index (χ4v) is 6.47. The number of amides is 1. The number of allylic oxidation sites excluding steroid dienone is 1. The van der Waals surface area contributed by atoms with Crippen LogP contribution in [0.25, 0.3) is 0 Å². The number of hydrogen-bond acceptors (Lipinski definition) is 6. The quantitative estimate of drug-likeness (QED) is 0.471. The second-order valence-corrected chi connectivity index (χ2v) is 10.3. The number of anilines is 1. The highest BCUT2D eigenvalue weighted by Gasteiger charge is 2.50. The number of halogens is 1. The number of methoxy groups -OCH3 is 1. The molecule has 8 heteroatoms. The molecular formula is C27H31BrN2O5. The molecule has 2 aliphatic heterocycles. The standard InChI is InChI=1S/C27H31BrN2O5/c1-4-34-20-14-19-23(28)25(35-5-2)22(20)24(19)29-12-10-27(11-13-29)15-21(31)30(16-27)18-8-6-17(7-9-18)26(32)33-3/h6-9,14,24H,4-5,10-13,15-16H2,1-3H3. The lowest BCUT2D eigenvalue weighted by Crippen LogP contribution is -2.46. The van der Waals surface area contributed by atoms with Gasteiger partial charge in [-0.15, -0.1) is 0 Å². The van der Waals surface area contributed by atoms with Crippen LogP contribution in [0.3, 0.4) is 0 Å². The SMILES string of the molecule is CCOC1=C2C(OCC)=C(Br)C(=C1)C2N1CCC2(CC1)CC(=O)N(c1ccc(C(=O)OC)cc1)C2. The normalized spacial score (nSPS) is 23.4. The highest BCUT2D eigenvalue weighted by atomic mass is 79.9. The van der Waals surface area contributed by atoms with E-state index in [2.05, 4.69) is 26.9 Å². The van der Waals surface area contributed by atoms with E-state index < -0.39 is 0 Å². The molecule has 1 spiro atoms. The van der Waals surface area contributed by atoms with Crippen molar-refractivity contribution in [2.45, 2.75) is 39.2 Å². The summed E-state index contributed by atoms with van der Waals surface area (Å²) in [7, 11) is 1.37. The number of fused-ring (bicyclic) bond motifs is 2. The predicted molar refractivity (Wildman–Crippen MR) is 136 cm³/mol. The molecule has 1 aromatic rings. The van der Waals surface area contributed by atoms with Gasteiger partial charge in [0.15, 0.2) is 0 Å². The van der Waals surface area contributed by atoms with Crippen LogP contribution in [0, 0.1) is 5.41 Å². The van der Waals surface area contributed by atoms with Crippen LogP contribution in [-0.2, 0) is 19.0 Å². The number of piperidine rings is 1. The van der Waals surface area contributed by atoms with Gasteiger partial charge in [0.05, 0.1) is 42.0 Å². The van der Waals surface area contributed by atoms with Crippen LogP contribution in [0.4, 0.5) is 5.69 Å². The van der Waals surface area contributed by atoms with E-state index in [9.17, 15) is 9.59 Å². The zero-order valence-electron chi connectivity index (χ0n) is 20.4. The summed E-state index contributed by atoms with van der Waals surface area (Å²) in [5.41, 5.74) is 3.63. The molecule has 2 aliphatic carbocycles. The largest absolute Gasteiger partial charge is 0.493 e. The van der Waals surface area contributed by atoms with Crippen molar-refractivity contribution in [2.24, 2.45) is 5.41 Å². The maximum atomic E-state index is 13.0. The predicted octanol–water partition coefficient (Wildman–Crippen LogP) is 4.55. The van der Waals surface area contributed by atoms with Crippen LogP contribution in [0.2, 0.25) is 0 Å². The fourth-order valence-electron chi connectivity index (χ4n) is 5.81. The number of rotatable bonds is 7. The molecule has 35 heavy (non-hydrogen) atoms. The summed E-state index contributed by atoms with van der Waals surface area (Å²) in [5, 5.41) is 0. The van der Waals surface area contributed by atoms with Crippen LogP contribution in [0.5, 0.6) is 0 Å². The highest BCUT2D eigenvalue weighted by Crippen LogP contribution is 2.51. The van der Waals surface area contributed by atoms with E-state index >= 15 is 0 Å². The molecule has 0 aromatic heterocycles. The first kappa shape index (κ1) is 24.1. The summed E-state index contributed by atoms with van der Waals surface area (Å²) in [5.74, 6) is 1.59. The van der Waals surface area contributed by atoms with Crippen LogP contribution in [0.1, 0.15) is 43.5 Å². The summed E-state index contributed by atoms with van der Waals surface area (Å²) >= 11 is 3.76. The Morgan fingerprint density at radius 1 is 1.11 bits per heavy atom. The molecule has 2 heterocycles. The Morgan fingerprint density at radius 2 is 1.80 bits per heavy atom. The lowest BCUT2D eigenvalue weighted by atomic mass is 9.77. The zero-order valence-corrected chi connectivity index (χ0v) is 22.0. The van der Waals surface area contributed by atoms with Gasteiger partial charge >= 0.3 is 5.97 Å². The van der Waals surface area contributed by atoms with Crippen molar-refractivity contribution in [3.8, 4) is 0 Å². The average molecular weight is 543 g/mol. The van der Waals surface area contributed by atoms with E-state index in [-0.39, 0.29) is 23.3 Å². The van der Waals surface area contributed by atoms with Crippen molar-refractivity contribution in [3.63, 3.8) is 0 Å². The van der Waals surface area contributed by atoms with E-state index in [4.69, 9.17) is 14.2 Å². The van der Waals surface area contributed by atoms with Crippen LogP contribution >= 0.6 is 15.9 Å². The number of carbonyl (C=O) groups excluding carboxylic acids is 2. The molecule has 1 unspecified atom stereocenters. The minimum atomic E-state index is -0.375. The van der Waals surface area contributed by atoms with Crippen LogP contribution < -0.4 is 4.90 Å². The third-order valence-electron chi connectivity index (χ3n) is 7.55. The second-order valence-electron chi connectivity index (χ2n) is 9.52. The molecule has 0 saturated carbocycles. The second kappa shape index (κ2) is 9.47. The number of ether oxygens (including phenoxy) is 3. The summed E-state index contributed by atoms with van der Waals surface area (Å²) in [6.45, 7) is 7.76. The Bertz CT molecular complexity index is 1130. The first-order chi connectivity index (χ1) is 16.9. The first-order valence-corrected chi connectivity index (χ1v) is 13.1. The molecular weight excluding hydrogens is 512 g/mol. The summed E-state index contributed by atoms with van der Waals surface area (Å²) in [6.07, 6.45) is 4.61. The van der Waals surface area contributed by atoms with Gasteiger partial charge < -0.3 is 19.1 Å². The molecule has 186 valence electrons. The van der Waals surface area contributed by atoms with Gasteiger partial charge in [0.2, 0.25) is 5.91 Å². The molecule has 5 rings (SSSR count). The van der Waals surface area contributed by atoms with Gasteiger partial charge in [0.1, 0.15) is 11.5 Å². The van der Waals surface area contributed by atoms with E-state index in [1.807, 2.05) is 30.9 Å². The Labute approximate surface area is 214 Å². The maximum absolute atomic E-state index is 13.0. The van der Waals surface area contributed by atoms with Crippen LogP contribution in [-0.4, -0.2) is 62.8 Å². The number of hydrogen-bond donors (Lipinski definition) is 0. The van der Waals surface area contributed by atoms with Gasteiger partial charge in [0, 0.05) is 18.7 Å². The van der Waals surface area contributed by atoms with Gasteiger partial charge in [-0.1, -0.05) is 0 Å². The van der Waals surface area contributed by atoms with E-state index in [0.717, 1.165) is 53.2 Å². The molecule has 2 fully saturated rings. The molecule has 1 atom stereocenters. The van der Waals surface area contributed by atoms with Crippen molar-refractivity contribution in [2.75, 3.05) is 44.9 Å². The van der Waals surface area contributed by atoms with Crippen LogP contribution in [0.15, 0.2) is 57.5 Å². The third kappa shape index (κ3) is 4.10. The summed E-state index contributed by atoms with van der Waals surface area (Å²) in [6, 6.07) is 7.25. The highest BCUT2D eigenvalue weighted by molar-refractivity contribution is 9.12. The topological polar surface area (TPSA) is 68.3 Å². The van der Waals surface area contributed by atoms with Gasteiger partial charge in [-0.3, -0.25) is 9.69 Å². The van der Waals surface area contributed by atoms with E-state index in [1.54, 1.807) is 12.1 Å². The van der Waals surface area contributed by atoms with Gasteiger partial charge in [0.25, 0.3) is 0 Å². The molecule has 4 aliphatic rings. The number of likely N-dealkylation sites (tertiary alicyclic amines) is 1. The Hall–Kier alpha value is -2.58. The number of nitrogens with zero attached hydrogens (tertiary/aromatic N) is 2. The minimum absolute atomic E-state index is 0.0226. The van der Waals surface area contributed by atoms with Crippen molar-refractivity contribution in [3.05, 3.63) is 63.1 Å². The number of benzene rings is 1. The van der Waals surface area contributed by atoms with Crippen molar-refractivity contribution < 1.29 is 23.8 Å². The molecule has 1 amide bonds. The first-order valence-electron chi connectivity index (χ1n) is 12.3. The summed E-state index contributed by atoms with van der Waals surface area (Å²) in [4.78, 5) is 29.1. The fraction of sp³-hybridized carbons (Fsp3) is 0.481. The molecule has 7 nitrogen and oxygen atoms in total. The molecule has 0 N–H and O–H groups in total. The molecule has 2 saturated heterocycles. The van der Waals surface area contributed by atoms with Crippen molar-refractivity contribution >= 4 is 33.5 Å². The van der Waals surface area contributed by atoms with Gasteiger partial charge in [-0.05, 0) is 97.0 Å². The molecule has 2 bridgehead atoms. The monoisotopic (exact) mass is 542 g/mol.